The fourth-order valence-electron chi connectivity index (χ4n) is 3.02. The lowest BCUT2D eigenvalue weighted by Crippen LogP contribution is -2.28. The summed E-state index contributed by atoms with van der Waals surface area (Å²) in [6, 6.07) is 0.599. The maximum Gasteiger partial charge on any atom is 0.0950 e. The summed E-state index contributed by atoms with van der Waals surface area (Å²) in [7, 11) is 0. The minimum atomic E-state index is 0.599. The van der Waals surface area contributed by atoms with E-state index in [1.807, 2.05) is 6.33 Å². The summed E-state index contributed by atoms with van der Waals surface area (Å²) in [5.74, 6) is 1.38. The van der Waals surface area contributed by atoms with Gasteiger partial charge in [0.1, 0.15) is 0 Å². The number of nitrogens with zero attached hydrogens (tertiary/aromatic N) is 2. The van der Waals surface area contributed by atoms with E-state index in [4.69, 9.17) is 0 Å². The van der Waals surface area contributed by atoms with Gasteiger partial charge in [0.2, 0.25) is 0 Å². The Kier molecular flexibility index (Phi) is 4.21. The second kappa shape index (κ2) is 5.67. The number of piperidine rings is 1. The van der Waals surface area contributed by atoms with Crippen LogP contribution in [0.15, 0.2) is 12.5 Å². The second-order valence-corrected chi connectivity index (χ2v) is 5.47. The number of nitrogens with one attached hydrogen (secondary N) is 1. The highest BCUT2D eigenvalue weighted by atomic mass is 15.1. The first-order valence-corrected chi connectivity index (χ1v) is 6.96. The van der Waals surface area contributed by atoms with Crippen molar-refractivity contribution in [1.82, 2.24) is 14.9 Å². The van der Waals surface area contributed by atoms with Crippen molar-refractivity contribution in [3.8, 4) is 0 Å². The molecule has 0 amide bonds. The number of rotatable bonds is 4. The van der Waals surface area contributed by atoms with E-state index < -0.39 is 0 Å². The number of imidazole rings is 1. The fraction of sp³-hybridized carbons (Fsp3) is 0.786. The molecule has 3 nitrogen and oxygen atoms in total. The van der Waals surface area contributed by atoms with Gasteiger partial charge in [0.15, 0.2) is 0 Å². The summed E-state index contributed by atoms with van der Waals surface area (Å²) < 4.78 is 2.43. The zero-order chi connectivity index (χ0) is 12.3. The molecule has 17 heavy (non-hydrogen) atoms. The fourth-order valence-corrected chi connectivity index (χ4v) is 3.02. The molecule has 3 heteroatoms. The maximum atomic E-state index is 4.39. The molecule has 0 spiro atoms. The van der Waals surface area contributed by atoms with Crippen LogP contribution >= 0.6 is 0 Å². The third kappa shape index (κ3) is 2.71. The predicted molar refractivity (Wildman–Crippen MR) is 71.2 cm³/mol. The molecule has 0 radical (unpaired) electrons. The lowest BCUT2D eigenvalue weighted by molar-refractivity contribution is 0.340. The Morgan fingerprint density at radius 1 is 1.41 bits per heavy atom. The minimum absolute atomic E-state index is 0.599. The molecule has 1 aliphatic rings. The van der Waals surface area contributed by atoms with Gasteiger partial charge in [0, 0.05) is 23.9 Å². The quantitative estimate of drug-likeness (QED) is 0.869. The zero-order valence-corrected chi connectivity index (χ0v) is 11.3. The SMILES string of the molecule is CCC(C(C)C)n1cncc1C1CCNCC1. The van der Waals surface area contributed by atoms with Crippen LogP contribution in [0.25, 0.3) is 0 Å². The molecular formula is C14H25N3. The molecule has 0 aromatic carbocycles. The lowest BCUT2D eigenvalue weighted by Gasteiger charge is -2.28. The number of hydrogen-bond acceptors (Lipinski definition) is 2. The van der Waals surface area contributed by atoms with Crippen molar-refractivity contribution in [3.63, 3.8) is 0 Å². The normalized spacial score (nSPS) is 19.8. The molecule has 0 bridgehead atoms. The van der Waals surface area contributed by atoms with Gasteiger partial charge in [-0.15, -0.1) is 0 Å². The second-order valence-electron chi connectivity index (χ2n) is 5.47. The number of aromatic nitrogens is 2. The molecule has 96 valence electrons. The van der Waals surface area contributed by atoms with Crippen molar-refractivity contribution < 1.29 is 0 Å². The van der Waals surface area contributed by atoms with Gasteiger partial charge in [-0.1, -0.05) is 20.8 Å². The van der Waals surface area contributed by atoms with Gasteiger partial charge in [-0.2, -0.15) is 0 Å². The molecule has 2 rings (SSSR count). The molecule has 0 saturated carbocycles. The zero-order valence-electron chi connectivity index (χ0n) is 11.3. The molecule has 1 saturated heterocycles. The van der Waals surface area contributed by atoms with Crippen LogP contribution in [0.2, 0.25) is 0 Å². The van der Waals surface area contributed by atoms with E-state index >= 15 is 0 Å². The molecular weight excluding hydrogens is 210 g/mol. The van der Waals surface area contributed by atoms with Crippen LogP contribution in [-0.4, -0.2) is 22.6 Å². The van der Waals surface area contributed by atoms with Crippen LogP contribution in [0.1, 0.15) is 57.7 Å². The van der Waals surface area contributed by atoms with Crippen LogP contribution in [0.5, 0.6) is 0 Å². The first-order valence-electron chi connectivity index (χ1n) is 6.96. The smallest absolute Gasteiger partial charge is 0.0950 e. The Bertz CT molecular complexity index is 337. The minimum Gasteiger partial charge on any atom is -0.331 e. The number of hydrogen-bond donors (Lipinski definition) is 1. The topological polar surface area (TPSA) is 29.9 Å². The van der Waals surface area contributed by atoms with Crippen molar-refractivity contribution in [2.75, 3.05) is 13.1 Å². The lowest BCUT2D eigenvalue weighted by atomic mass is 9.93. The third-order valence-electron chi connectivity index (χ3n) is 4.00. The van der Waals surface area contributed by atoms with Gasteiger partial charge >= 0.3 is 0 Å². The van der Waals surface area contributed by atoms with Gasteiger partial charge in [0.05, 0.1) is 6.33 Å². The van der Waals surface area contributed by atoms with Crippen LogP contribution < -0.4 is 5.32 Å². The molecule has 0 aliphatic carbocycles. The highest BCUT2D eigenvalue weighted by Gasteiger charge is 2.22. The standard InChI is InChI=1S/C14H25N3/c1-4-13(11(2)3)17-10-16-9-14(17)12-5-7-15-8-6-12/h9-13,15H,4-8H2,1-3H3. The molecule has 1 aliphatic heterocycles. The van der Waals surface area contributed by atoms with Crippen LogP contribution in [0, 0.1) is 5.92 Å². The van der Waals surface area contributed by atoms with E-state index in [2.05, 4.69) is 41.8 Å². The first-order chi connectivity index (χ1) is 8.24. The molecule has 1 atom stereocenters. The Labute approximate surface area is 105 Å². The van der Waals surface area contributed by atoms with Crippen molar-refractivity contribution in [2.24, 2.45) is 5.92 Å². The Hall–Kier alpha value is -0.830. The van der Waals surface area contributed by atoms with E-state index in [1.165, 1.54) is 25.0 Å². The third-order valence-corrected chi connectivity index (χ3v) is 4.00. The average Bonchev–Trinajstić information content (AvgIpc) is 2.80. The van der Waals surface area contributed by atoms with E-state index in [9.17, 15) is 0 Å². The van der Waals surface area contributed by atoms with Gasteiger partial charge in [-0.25, -0.2) is 4.98 Å². The summed E-state index contributed by atoms with van der Waals surface area (Å²) in [6.07, 6.45) is 7.80. The average molecular weight is 235 g/mol. The maximum absolute atomic E-state index is 4.39. The van der Waals surface area contributed by atoms with E-state index in [1.54, 1.807) is 0 Å². The highest BCUT2D eigenvalue weighted by molar-refractivity contribution is 5.09. The van der Waals surface area contributed by atoms with Gasteiger partial charge in [-0.3, -0.25) is 0 Å². The van der Waals surface area contributed by atoms with Gasteiger partial charge in [0.25, 0.3) is 0 Å². The largest absolute Gasteiger partial charge is 0.331 e. The molecule has 1 aromatic rings. The summed E-state index contributed by atoms with van der Waals surface area (Å²) in [6.45, 7) is 9.18. The Balaban J connectivity index is 2.20. The summed E-state index contributed by atoms with van der Waals surface area (Å²) in [5, 5.41) is 3.43. The summed E-state index contributed by atoms with van der Waals surface area (Å²) >= 11 is 0. The van der Waals surface area contributed by atoms with Crippen molar-refractivity contribution >= 4 is 0 Å². The molecule has 1 aromatic heterocycles. The monoisotopic (exact) mass is 235 g/mol. The van der Waals surface area contributed by atoms with Gasteiger partial charge < -0.3 is 9.88 Å². The molecule has 2 heterocycles. The van der Waals surface area contributed by atoms with Gasteiger partial charge in [-0.05, 0) is 38.3 Å². The Morgan fingerprint density at radius 3 is 2.71 bits per heavy atom. The Morgan fingerprint density at radius 2 is 2.12 bits per heavy atom. The van der Waals surface area contributed by atoms with Crippen molar-refractivity contribution in [3.05, 3.63) is 18.2 Å². The van der Waals surface area contributed by atoms with Crippen LogP contribution in [-0.2, 0) is 0 Å². The predicted octanol–water partition coefficient (Wildman–Crippen LogP) is 2.96. The first kappa shape index (κ1) is 12.6. The van der Waals surface area contributed by atoms with Crippen LogP contribution in [0.4, 0.5) is 0 Å². The van der Waals surface area contributed by atoms with E-state index in [0.29, 0.717) is 17.9 Å². The molecule has 1 N–H and O–H groups in total. The van der Waals surface area contributed by atoms with Crippen molar-refractivity contribution in [1.29, 1.82) is 0 Å². The summed E-state index contributed by atoms with van der Waals surface area (Å²) in [5.41, 5.74) is 1.45. The van der Waals surface area contributed by atoms with E-state index in [0.717, 1.165) is 13.1 Å². The van der Waals surface area contributed by atoms with Crippen molar-refractivity contribution in [2.45, 2.75) is 52.0 Å². The highest BCUT2D eigenvalue weighted by Crippen LogP contribution is 2.30. The van der Waals surface area contributed by atoms with Crippen LogP contribution in [0.3, 0.4) is 0 Å². The summed E-state index contributed by atoms with van der Waals surface area (Å²) in [4.78, 5) is 4.39. The molecule has 1 fully saturated rings. The van der Waals surface area contributed by atoms with E-state index in [-0.39, 0.29) is 0 Å². The molecule has 1 unspecified atom stereocenters.